The summed E-state index contributed by atoms with van der Waals surface area (Å²) in [5.74, 6) is 0. The molecule has 0 aliphatic carbocycles. The third-order valence-electron chi connectivity index (χ3n) is 5.07. The third-order valence-corrected chi connectivity index (χ3v) is 9.65. The number of nitrogens with one attached hydrogen (secondary N) is 4. The second-order valence-electron chi connectivity index (χ2n) is 7.15. The van der Waals surface area contributed by atoms with Gasteiger partial charge in [-0.15, -0.1) is 0 Å². The van der Waals surface area contributed by atoms with Crippen molar-refractivity contribution in [1.29, 1.82) is 0 Å². The van der Waals surface area contributed by atoms with Crippen molar-refractivity contribution >= 4 is 29.9 Å². The van der Waals surface area contributed by atoms with Crippen LogP contribution < -0.4 is 30.1 Å². The van der Waals surface area contributed by atoms with Crippen molar-refractivity contribution in [3.8, 4) is 11.4 Å². The number of H-pyrrole nitrogens is 2. The van der Waals surface area contributed by atoms with Gasteiger partial charge in [0.25, 0.3) is 0 Å². The summed E-state index contributed by atoms with van der Waals surface area (Å²) in [6.45, 7) is 0. The molecule has 0 atom stereocenters. The maximum atomic E-state index is 13.1. The van der Waals surface area contributed by atoms with Crippen LogP contribution in [-0.2, 0) is 29.9 Å². The molecule has 0 saturated heterocycles. The first-order valence-electron chi connectivity index (χ1n) is 9.93. The van der Waals surface area contributed by atoms with Crippen LogP contribution in [0.5, 0.6) is 0 Å². The molecule has 2 aromatic heterocycles. The Bertz CT molecular complexity index is 1780. The van der Waals surface area contributed by atoms with E-state index in [4.69, 9.17) is 0 Å². The van der Waals surface area contributed by atoms with E-state index in [1.807, 2.05) is 9.44 Å². The van der Waals surface area contributed by atoms with Crippen molar-refractivity contribution in [2.75, 3.05) is 14.1 Å². The topological polar surface area (TPSA) is 226 Å². The van der Waals surface area contributed by atoms with E-state index in [9.17, 15) is 34.8 Å². The van der Waals surface area contributed by atoms with Crippen molar-refractivity contribution in [2.24, 2.45) is 0 Å². The molecule has 37 heavy (non-hydrogen) atoms. The average Bonchev–Trinajstić information content (AvgIpc) is 3.47. The maximum absolute atomic E-state index is 13.1. The molecule has 0 spiro atoms. The SMILES string of the molecule is CNS(=O)(=O)c1c(=O)o[nH][n+]1-c1ccc(S(=O)(=O)c2ccc(-[n+]3[nH]oc(=O)c3S(=O)(=O)NC)cc2)cc1. The minimum atomic E-state index is -4.20. The lowest BCUT2D eigenvalue weighted by Gasteiger charge is -2.04. The minimum absolute atomic E-state index is 0.0903. The zero-order valence-corrected chi connectivity index (χ0v) is 21.3. The van der Waals surface area contributed by atoms with E-state index in [2.05, 4.69) is 19.6 Å². The number of rotatable bonds is 8. The molecule has 4 aromatic rings. The second kappa shape index (κ2) is 9.19. The molecule has 16 nitrogen and oxygen atoms in total. The van der Waals surface area contributed by atoms with Crippen LogP contribution >= 0.6 is 0 Å². The van der Waals surface area contributed by atoms with Crippen LogP contribution in [0.15, 0.2) is 87.0 Å². The first-order chi connectivity index (χ1) is 17.3. The average molecular weight is 575 g/mol. The highest BCUT2D eigenvalue weighted by molar-refractivity contribution is 7.91. The molecule has 2 aromatic carbocycles. The number of aromatic amines is 2. The molecule has 0 amide bonds. The van der Waals surface area contributed by atoms with Gasteiger partial charge in [0.15, 0.2) is 0 Å². The molecule has 19 heteroatoms. The van der Waals surface area contributed by atoms with Crippen LogP contribution in [0.2, 0.25) is 0 Å². The molecule has 0 fully saturated rings. The van der Waals surface area contributed by atoms with Crippen LogP contribution in [0.3, 0.4) is 0 Å². The molecule has 0 saturated carbocycles. The Morgan fingerprint density at radius 2 is 0.946 bits per heavy atom. The molecule has 0 aliphatic rings. The predicted octanol–water partition coefficient (Wildman–Crippen LogP) is -2.55. The van der Waals surface area contributed by atoms with Gasteiger partial charge in [-0.1, -0.05) is 0 Å². The van der Waals surface area contributed by atoms with Gasteiger partial charge in [0, 0.05) is 24.3 Å². The smallest absolute Gasteiger partial charge is 0.281 e. The Labute approximate surface area is 208 Å². The summed E-state index contributed by atoms with van der Waals surface area (Å²) in [4.78, 5) is 23.4. The Morgan fingerprint density at radius 1 is 0.622 bits per heavy atom. The lowest BCUT2D eigenvalue weighted by atomic mass is 10.3. The van der Waals surface area contributed by atoms with E-state index < -0.39 is 51.2 Å². The standard InChI is InChI=1S/C18H16N6O10S3/c1-19-36(29,30)15-17(25)33-21-23(15)11-3-7-13(8-4-11)35(27,28)14-9-5-12(6-10-14)24-16(18(26)34-22-24)37(31,32)20-2/h3-10,19-20H,1-2H3/p+2. The monoisotopic (exact) mass is 574 g/mol. The van der Waals surface area contributed by atoms with E-state index in [0.29, 0.717) is 0 Å². The van der Waals surface area contributed by atoms with E-state index in [-0.39, 0.29) is 21.2 Å². The highest BCUT2D eigenvalue weighted by atomic mass is 32.2. The quantitative estimate of drug-likeness (QED) is 0.161. The molecule has 196 valence electrons. The van der Waals surface area contributed by atoms with Crippen LogP contribution in [0.25, 0.3) is 11.4 Å². The van der Waals surface area contributed by atoms with E-state index in [0.717, 1.165) is 23.5 Å². The zero-order valence-electron chi connectivity index (χ0n) is 18.8. The van der Waals surface area contributed by atoms with Crippen LogP contribution in [0.4, 0.5) is 0 Å². The van der Waals surface area contributed by atoms with Gasteiger partial charge in [-0.05, 0) is 58.3 Å². The van der Waals surface area contributed by atoms with E-state index in [1.54, 1.807) is 0 Å². The summed E-state index contributed by atoms with van der Waals surface area (Å²) < 4.78 is 89.6. The number of sulfonamides is 2. The number of hydrogen-bond donors (Lipinski definition) is 4. The Hall–Kier alpha value is -3.91. The van der Waals surface area contributed by atoms with Crippen LogP contribution in [-0.4, -0.2) is 49.9 Å². The molecule has 4 rings (SSSR count). The van der Waals surface area contributed by atoms with Gasteiger partial charge in [0.1, 0.15) is 0 Å². The highest BCUT2D eigenvalue weighted by Crippen LogP contribution is 2.22. The van der Waals surface area contributed by atoms with Crippen molar-refractivity contribution < 1.29 is 43.7 Å². The van der Waals surface area contributed by atoms with E-state index in [1.165, 1.54) is 48.5 Å². The van der Waals surface area contributed by atoms with E-state index >= 15 is 0 Å². The fourth-order valence-corrected chi connectivity index (χ4v) is 6.14. The van der Waals surface area contributed by atoms with Crippen molar-refractivity contribution in [3.63, 3.8) is 0 Å². The Balaban J connectivity index is 1.69. The molecular formula is C18H18N6O10S3+2. The number of nitrogens with zero attached hydrogens (tertiary/aromatic N) is 2. The van der Waals surface area contributed by atoms with Gasteiger partial charge in [-0.3, -0.25) is 9.05 Å². The van der Waals surface area contributed by atoms with Gasteiger partial charge in [0.05, 0.1) is 9.79 Å². The van der Waals surface area contributed by atoms with Gasteiger partial charge < -0.3 is 0 Å². The fraction of sp³-hybridized carbons (Fsp3) is 0.111. The molecule has 0 radical (unpaired) electrons. The molecule has 0 bridgehead atoms. The largest absolute Gasteiger partial charge is 0.448 e. The van der Waals surface area contributed by atoms with Crippen molar-refractivity contribution in [2.45, 2.75) is 19.8 Å². The van der Waals surface area contributed by atoms with Gasteiger partial charge in [-0.2, -0.15) is 0 Å². The van der Waals surface area contributed by atoms with Crippen LogP contribution in [0, 0.1) is 0 Å². The zero-order chi connectivity index (χ0) is 27.2. The fourth-order valence-electron chi connectivity index (χ4n) is 3.20. The van der Waals surface area contributed by atoms with Crippen molar-refractivity contribution in [1.82, 2.24) is 20.0 Å². The summed E-state index contributed by atoms with van der Waals surface area (Å²) >= 11 is 0. The number of sulfone groups is 1. The lowest BCUT2D eigenvalue weighted by molar-refractivity contribution is -0.705. The molecule has 0 unspecified atom stereocenters. The minimum Gasteiger partial charge on any atom is -0.281 e. The normalized spacial score (nSPS) is 12.6. The maximum Gasteiger partial charge on any atom is 0.448 e. The Kier molecular flexibility index (Phi) is 6.50. The van der Waals surface area contributed by atoms with Gasteiger partial charge in [-0.25, -0.2) is 44.3 Å². The summed E-state index contributed by atoms with van der Waals surface area (Å²) in [6.07, 6.45) is 0. The highest BCUT2D eigenvalue weighted by Gasteiger charge is 2.37. The molecule has 0 aliphatic heterocycles. The van der Waals surface area contributed by atoms with Gasteiger partial charge >= 0.3 is 41.3 Å². The predicted molar refractivity (Wildman–Crippen MR) is 120 cm³/mol. The first kappa shape index (κ1) is 26.2. The summed E-state index contributed by atoms with van der Waals surface area (Å²) in [5, 5.41) is 2.80. The molecular weight excluding hydrogens is 556 g/mol. The molecule has 2 heterocycles. The number of aromatic nitrogens is 4. The molecule has 4 N–H and O–H groups in total. The summed E-state index contributed by atoms with van der Waals surface area (Å²) in [7, 11) is -10.3. The number of benzene rings is 2. The lowest BCUT2D eigenvalue weighted by Crippen LogP contribution is -2.43. The van der Waals surface area contributed by atoms with Crippen LogP contribution in [0.1, 0.15) is 0 Å². The Morgan fingerprint density at radius 3 is 1.24 bits per heavy atom. The van der Waals surface area contributed by atoms with Crippen molar-refractivity contribution in [3.05, 3.63) is 69.4 Å². The summed E-state index contributed by atoms with van der Waals surface area (Å²) in [5.41, 5.74) is -2.14. The second-order valence-corrected chi connectivity index (χ2v) is 12.7. The summed E-state index contributed by atoms with van der Waals surface area (Å²) in [6, 6.07) is 9.76. The first-order valence-corrected chi connectivity index (χ1v) is 14.4. The third kappa shape index (κ3) is 4.53. The number of hydrogen-bond acceptors (Lipinski definition) is 10. The van der Waals surface area contributed by atoms with Gasteiger partial charge in [0.2, 0.25) is 21.2 Å².